The molecule has 0 saturated carbocycles. The van der Waals surface area contributed by atoms with Crippen LogP contribution in [0.15, 0.2) is 48.5 Å². The fourth-order valence-corrected chi connectivity index (χ4v) is 3.02. The monoisotopic (exact) mass is 430 g/mol. The Balaban J connectivity index is 1.52. The Bertz CT molecular complexity index is 976. The van der Waals surface area contributed by atoms with E-state index in [2.05, 4.69) is 5.43 Å². The summed E-state index contributed by atoms with van der Waals surface area (Å²) >= 11 is 5.79. The summed E-state index contributed by atoms with van der Waals surface area (Å²) in [6, 6.07) is 12.6. The molecule has 1 N–H and O–H groups in total. The van der Waals surface area contributed by atoms with Gasteiger partial charge in [-0.1, -0.05) is 23.7 Å². The number of Topliss-reactive ketones (excluding diaryl/α,β-unsaturated/α-hetero) is 1. The summed E-state index contributed by atoms with van der Waals surface area (Å²) in [5.41, 5.74) is 3.14. The number of hydrogen-bond acceptors (Lipinski definition) is 6. The Kier molecular flexibility index (Phi) is 6.68. The highest BCUT2D eigenvalue weighted by Crippen LogP contribution is 2.19. The van der Waals surface area contributed by atoms with Crippen molar-refractivity contribution in [1.29, 1.82) is 0 Å². The molecule has 8 nitrogen and oxygen atoms in total. The fourth-order valence-electron chi connectivity index (χ4n) is 2.90. The van der Waals surface area contributed by atoms with E-state index in [4.69, 9.17) is 21.1 Å². The van der Waals surface area contributed by atoms with Crippen molar-refractivity contribution >= 4 is 35.2 Å². The molecular weight excluding hydrogens is 412 g/mol. The van der Waals surface area contributed by atoms with E-state index in [1.54, 1.807) is 36.4 Å². The first-order valence-corrected chi connectivity index (χ1v) is 9.46. The van der Waals surface area contributed by atoms with Crippen LogP contribution in [0.3, 0.4) is 0 Å². The summed E-state index contributed by atoms with van der Waals surface area (Å²) in [4.78, 5) is 48.9. The second kappa shape index (κ2) is 9.41. The number of hydrazine groups is 1. The van der Waals surface area contributed by atoms with E-state index in [0.29, 0.717) is 21.9 Å². The van der Waals surface area contributed by atoms with Crippen molar-refractivity contribution in [3.05, 3.63) is 64.7 Å². The van der Waals surface area contributed by atoms with Crippen LogP contribution in [0.5, 0.6) is 5.75 Å². The number of carbonyl (C=O) groups excluding carboxylic acids is 4. The van der Waals surface area contributed by atoms with E-state index >= 15 is 0 Å². The van der Waals surface area contributed by atoms with E-state index in [-0.39, 0.29) is 18.7 Å². The second-order valence-corrected chi connectivity index (χ2v) is 7.05. The first kappa shape index (κ1) is 21.3. The van der Waals surface area contributed by atoms with Gasteiger partial charge in [-0.15, -0.1) is 0 Å². The number of hydrogen-bond donors (Lipinski definition) is 1. The normalized spacial score (nSPS) is 15.6. The largest absolute Gasteiger partial charge is 0.497 e. The van der Waals surface area contributed by atoms with Crippen molar-refractivity contribution in [2.45, 2.75) is 6.42 Å². The average molecular weight is 431 g/mol. The summed E-state index contributed by atoms with van der Waals surface area (Å²) in [6.45, 7) is -0.488. The van der Waals surface area contributed by atoms with Gasteiger partial charge in [0.2, 0.25) is 5.91 Å². The number of methoxy groups -OCH3 is 1. The maximum absolute atomic E-state index is 12.3. The van der Waals surface area contributed by atoms with Crippen molar-refractivity contribution in [1.82, 2.24) is 10.4 Å². The van der Waals surface area contributed by atoms with Crippen molar-refractivity contribution in [2.75, 3.05) is 20.3 Å². The molecule has 2 aromatic rings. The van der Waals surface area contributed by atoms with Crippen molar-refractivity contribution in [3.63, 3.8) is 0 Å². The Hall–Kier alpha value is -3.39. The van der Waals surface area contributed by atoms with Crippen LogP contribution in [-0.4, -0.2) is 48.8 Å². The number of halogens is 1. The van der Waals surface area contributed by atoms with Gasteiger partial charge in [0.15, 0.2) is 12.4 Å². The lowest BCUT2D eigenvalue weighted by Crippen LogP contribution is -2.43. The molecule has 156 valence electrons. The molecule has 1 heterocycles. The van der Waals surface area contributed by atoms with Crippen LogP contribution < -0.4 is 10.2 Å². The maximum atomic E-state index is 12.3. The number of benzene rings is 2. The number of esters is 1. The van der Waals surface area contributed by atoms with E-state index in [0.717, 1.165) is 5.01 Å². The third-order valence-electron chi connectivity index (χ3n) is 4.54. The molecule has 2 aromatic carbocycles. The summed E-state index contributed by atoms with van der Waals surface area (Å²) in [5.74, 6) is -2.25. The predicted octanol–water partition coefficient (Wildman–Crippen LogP) is 2.27. The lowest BCUT2D eigenvalue weighted by molar-refractivity contribution is -0.147. The summed E-state index contributed by atoms with van der Waals surface area (Å²) in [6.07, 6.45) is -0.118. The van der Waals surface area contributed by atoms with Gasteiger partial charge in [-0.3, -0.25) is 29.6 Å². The Labute approximate surface area is 177 Å². The third-order valence-corrected chi connectivity index (χ3v) is 4.79. The van der Waals surface area contributed by atoms with Crippen molar-refractivity contribution in [2.24, 2.45) is 5.92 Å². The second-order valence-electron chi connectivity index (χ2n) is 6.62. The highest BCUT2D eigenvalue weighted by Gasteiger charge is 2.36. The first-order chi connectivity index (χ1) is 14.4. The molecule has 0 aromatic heterocycles. The SMILES string of the molecule is COc1cccc(C(=O)COC(=O)[C@H]2CC(=O)N(NC(=O)c3ccc(Cl)cc3)C2)c1. The number of amides is 2. The summed E-state index contributed by atoms with van der Waals surface area (Å²) in [7, 11) is 1.48. The molecule has 0 bridgehead atoms. The van der Waals surface area contributed by atoms with E-state index in [1.165, 1.54) is 19.2 Å². The van der Waals surface area contributed by atoms with Crippen LogP contribution in [0.25, 0.3) is 0 Å². The molecule has 0 radical (unpaired) electrons. The molecule has 1 aliphatic rings. The van der Waals surface area contributed by atoms with Gasteiger partial charge < -0.3 is 9.47 Å². The molecule has 1 fully saturated rings. The number of ether oxygens (including phenoxy) is 2. The zero-order chi connectivity index (χ0) is 21.7. The molecule has 0 unspecified atom stereocenters. The molecule has 9 heteroatoms. The van der Waals surface area contributed by atoms with Gasteiger partial charge in [-0.25, -0.2) is 0 Å². The van der Waals surface area contributed by atoms with Crippen LogP contribution in [0.2, 0.25) is 5.02 Å². The highest BCUT2D eigenvalue weighted by molar-refractivity contribution is 6.30. The number of carbonyl (C=O) groups is 4. The molecule has 0 aliphatic carbocycles. The van der Waals surface area contributed by atoms with E-state index in [9.17, 15) is 19.2 Å². The van der Waals surface area contributed by atoms with Gasteiger partial charge in [0.1, 0.15) is 5.75 Å². The molecule has 1 aliphatic heterocycles. The Morgan fingerprint density at radius 3 is 2.57 bits per heavy atom. The summed E-state index contributed by atoms with van der Waals surface area (Å²) in [5, 5.41) is 1.56. The molecular formula is C21H19ClN2O6. The Morgan fingerprint density at radius 1 is 1.13 bits per heavy atom. The topological polar surface area (TPSA) is 102 Å². The quantitative estimate of drug-likeness (QED) is 0.534. The van der Waals surface area contributed by atoms with Crippen LogP contribution in [0.1, 0.15) is 27.1 Å². The van der Waals surface area contributed by atoms with Gasteiger partial charge in [0.25, 0.3) is 5.91 Å². The number of rotatable bonds is 7. The molecule has 3 rings (SSSR count). The lowest BCUT2D eigenvalue weighted by Gasteiger charge is -2.17. The molecule has 1 saturated heterocycles. The maximum Gasteiger partial charge on any atom is 0.311 e. The molecule has 0 spiro atoms. The first-order valence-electron chi connectivity index (χ1n) is 9.08. The van der Waals surface area contributed by atoms with Crippen molar-refractivity contribution in [3.8, 4) is 5.75 Å². The van der Waals surface area contributed by atoms with Crippen LogP contribution in [0, 0.1) is 5.92 Å². The zero-order valence-corrected chi connectivity index (χ0v) is 16.8. The average Bonchev–Trinajstić information content (AvgIpc) is 3.12. The van der Waals surface area contributed by atoms with Gasteiger partial charge >= 0.3 is 5.97 Å². The predicted molar refractivity (Wildman–Crippen MR) is 107 cm³/mol. The molecule has 2 amide bonds. The smallest absolute Gasteiger partial charge is 0.311 e. The minimum atomic E-state index is -0.777. The fraction of sp³-hybridized carbons (Fsp3) is 0.238. The minimum absolute atomic E-state index is 0.0374. The van der Waals surface area contributed by atoms with Crippen LogP contribution in [0.4, 0.5) is 0 Å². The van der Waals surface area contributed by atoms with E-state index in [1.807, 2.05) is 0 Å². The van der Waals surface area contributed by atoms with Crippen LogP contribution in [-0.2, 0) is 14.3 Å². The van der Waals surface area contributed by atoms with Crippen LogP contribution >= 0.6 is 11.6 Å². The third kappa shape index (κ3) is 5.15. The number of nitrogens with one attached hydrogen (secondary N) is 1. The lowest BCUT2D eigenvalue weighted by atomic mass is 10.1. The van der Waals surface area contributed by atoms with Gasteiger partial charge in [0, 0.05) is 22.6 Å². The summed E-state index contributed by atoms with van der Waals surface area (Å²) < 4.78 is 10.1. The minimum Gasteiger partial charge on any atom is -0.497 e. The van der Waals surface area contributed by atoms with Gasteiger partial charge in [-0.05, 0) is 36.4 Å². The number of nitrogens with zero attached hydrogens (tertiary/aromatic N) is 1. The number of ketones is 1. The molecule has 1 atom stereocenters. The highest BCUT2D eigenvalue weighted by atomic mass is 35.5. The molecule has 30 heavy (non-hydrogen) atoms. The van der Waals surface area contributed by atoms with Gasteiger partial charge in [0.05, 0.1) is 19.6 Å². The standard InChI is InChI=1S/C21H19ClN2O6/c1-29-17-4-2-3-14(9-17)18(25)12-30-21(28)15-10-19(26)24(11-15)23-20(27)13-5-7-16(22)8-6-13/h2-9,15H,10-12H2,1H3,(H,23,27)/t15-/m0/s1. The zero-order valence-electron chi connectivity index (χ0n) is 16.1. The van der Waals surface area contributed by atoms with Crippen molar-refractivity contribution < 1.29 is 28.7 Å². The van der Waals surface area contributed by atoms with Gasteiger partial charge in [-0.2, -0.15) is 0 Å². The van der Waals surface area contributed by atoms with E-state index < -0.39 is 30.3 Å². The Morgan fingerprint density at radius 2 is 1.87 bits per heavy atom.